The van der Waals surface area contributed by atoms with Crippen LogP contribution in [0.1, 0.15) is 23.2 Å². The summed E-state index contributed by atoms with van der Waals surface area (Å²) in [4.78, 5) is 26.0. The molecule has 0 aliphatic carbocycles. The Morgan fingerprint density at radius 2 is 2.10 bits per heavy atom. The number of methoxy groups -OCH3 is 1. The normalized spacial score (nSPS) is 15.7. The number of H-pyrrole nitrogens is 1. The van der Waals surface area contributed by atoms with E-state index in [1.165, 1.54) is 20.0 Å². The van der Waals surface area contributed by atoms with Gasteiger partial charge in [0.05, 0.1) is 12.7 Å². The van der Waals surface area contributed by atoms with Gasteiger partial charge in [0.1, 0.15) is 11.3 Å². The van der Waals surface area contributed by atoms with Crippen molar-refractivity contribution in [1.82, 2.24) is 19.7 Å². The molecule has 0 aromatic carbocycles. The molecule has 0 saturated carbocycles. The number of hydrogen-bond donors (Lipinski definition) is 1. The van der Waals surface area contributed by atoms with Crippen molar-refractivity contribution in [1.29, 1.82) is 0 Å². The Kier molecular flexibility index (Phi) is 3.74. The Labute approximate surface area is 121 Å². The fourth-order valence-corrected chi connectivity index (χ4v) is 2.74. The number of hydrogen-bond acceptors (Lipinski definition) is 5. The van der Waals surface area contributed by atoms with Crippen LogP contribution in [0.4, 0.5) is 0 Å². The number of nitrogens with one attached hydrogen (secondary N) is 1. The molecule has 3 rings (SSSR count). The van der Waals surface area contributed by atoms with E-state index in [1.807, 2.05) is 4.57 Å². The molecule has 0 bridgehead atoms. The number of aromatic amines is 1. The van der Waals surface area contributed by atoms with E-state index in [2.05, 4.69) is 15.1 Å². The zero-order chi connectivity index (χ0) is 14.8. The second-order valence-electron chi connectivity index (χ2n) is 5.27. The first-order chi connectivity index (χ1) is 10.2. The maximum Gasteiger partial charge on any atom is 0.341 e. The van der Waals surface area contributed by atoms with Crippen molar-refractivity contribution in [3.8, 4) is 11.3 Å². The average molecular weight is 290 g/mol. The molecule has 0 amide bonds. The van der Waals surface area contributed by atoms with Crippen molar-refractivity contribution < 1.29 is 9.53 Å². The summed E-state index contributed by atoms with van der Waals surface area (Å²) in [5.41, 5.74) is 0.809. The van der Waals surface area contributed by atoms with Crippen LogP contribution in [0.15, 0.2) is 17.2 Å². The van der Waals surface area contributed by atoms with E-state index in [9.17, 15) is 9.59 Å². The summed E-state index contributed by atoms with van der Waals surface area (Å²) in [6, 6.07) is 0. The minimum atomic E-state index is -0.484. The zero-order valence-corrected chi connectivity index (χ0v) is 12.0. The highest BCUT2D eigenvalue weighted by Gasteiger charge is 2.22. The predicted molar refractivity (Wildman–Crippen MR) is 76.5 cm³/mol. The fourth-order valence-electron chi connectivity index (χ4n) is 2.74. The number of fused-ring (bicyclic) bond motifs is 1. The molecule has 112 valence electrons. The number of aromatic nitrogens is 3. The van der Waals surface area contributed by atoms with Crippen molar-refractivity contribution in [2.45, 2.75) is 19.4 Å². The summed E-state index contributed by atoms with van der Waals surface area (Å²) in [6.07, 6.45) is 5.92. The Morgan fingerprint density at radius 1 is 1.33 bits per heavy atom. The summed E-state index contributed by atoms with van der Waals surface area (Å²) >= 11 is 0. The molecule has 1 fully saturated rings. The number of carbonyl (C=O) groups is 1. The number of esters is 1. The number of nitrogens with zero attached hydrogens (tertiary/aromatic N) is 3. The van der Waals surface area contributed by atoms with Gasteiger partial charge in [-0.15, -0.1) is 0 Å². The van der Waals surface area contributed by atoms with E-state index in [-0.39, 0.29) is 5.56 Å². The number of pyridine rings is 1. The highest BCUT2D eigenvalue weighted by molar-refractivity contribution is 5.95. The maximum absolute atomic E-state index is 11.8. The van der Waals surface area contributed by atoms with Crippen LogP contribution in [0, 0.1) is 0 Å². The van der Waals surface area contributed by atoms with Gasteiger partial charge >= 0.3 is 5.97 Å². The van der Waals surface area contributed by atoms with E-state index in [0.717, 1.165) is 26.2 Å². The average Bonchev–Trinajstić information content (AvgIpc) is 3.14. The van der Waals surface area contributed by atoms with Crippen molar-refractivity contribution in [2.75, 3.05) is 26.7 Å². The van der Waals surface area contributed by atoms with Crippen LogP contribution < -0.4 is 5.56 Å². The first kappa shape index (κ1) is 13.8. The third-order valence-electron chi connectivity index (χ3n) is 3.89. The van der Waals surface area contributed by atoms with Crippen molar-refractivity contribution in [3.63, 3.8) is 0 Å². The molecule has 0 atom stereocenters. The van der Waals surface area contributed by atoms with Gasteiger partial charge in [-0.1, -0.05) is 0 Å². The topological polar surface area (TPSA) is 80.2 Å². The van der Waals surface area contributed by atoms with Crippen LogP contribution in [-0.2, 0) is 11.3 Å². The molecule has 7 nitrogen and oxygen atoms in total. The van der Waals surface area contributed by atoms with Gasteiger partial charge in [-0.3, -0.25) is 4.79 Å². The largest absolute Gasteiger partial charge is 0.465 e. The molecule has 1 saturated heterocycles. The Balaban J connectivity index is 1.90. The highest BCUT2D eigenvalue weighted by atomic mass is 16.5. The monoisotopic (exact) mass is 290 g/mol. The Bertz CT molecular complexity index is 669. The number of rotatable bonds is 4. The van der Waals surface area contributed by atoms with Crippen LogP contribution in [0.2, 0.25) is 0 Å². The Hall–Kier alpha value is -2.15. The van der Waals surface area contributed by atoms with E-state index in [4.69, 9.17) is 4.74 Å². The van der Waals surface area contributed by atoms with Crippen molar-refractivity contribution in [3.05, 3.63) is 28.3 Å². The van der Waals surface area contributed by atoms with Crippen LogP contribution in [0.25, 0.3) is 11.3 Å². The molecule has 0 aromatic heterocycles. The fraction of sp³-hybridized carbons (Fsp3) is 0.500. The third-order valence-corrected chi connectivity index (χ3v) is 3.89. The molecule has 21 heavy (non-hydrogen) atoms. The molecule has 3 aliphatic heterocycles. The molecular formula is C14H18N4O3. The van der Waals surface area contributed by atoms with Crippen molar-refractivity contribution in [2.24, 2.45) is 0 Å². The second kappa shape index (κ2) is 5.69. The summed E-state index contributed by atoms with van der Waals surface area (Å²) in [7, 11) is 1.32. The maximum atomic E-state index is 11.8. The van der Waals surface area contributed by atoms with Gasteiger partial charge in [-0.25, -0.2) is 9.89 Å². The summed E-state index contributed by atoms with van der Waals surface area (Å²) in [5, 5.41) is 6.29. The standard InChI is InChI=1S/C14H18N4O3/c1-21-14(20)11-9-18(7-6-17-4-2-3-5-17)8-10-12(11)15-16-13(10)19/h8-9H,2-7H2,1H3,(H,16,19). The van der Waals surface area contributed by atoms with Crippen LogP contribution in [-0.4, -0.2) is 52.4 Å². The van der Waals surface area contributed by atoms with Gasteiger partial charge in [0.15, 0.2) is 0 Å². The van der Waals surface area contributed by atoms with E-state index >= 15 is 0 Å². The zero-order valence-electron chi connectivity index (χ0n) is 12.0. The van der Waals surface area contributed by atoms with Crippen molar-refractivity contribution >= 4 is 5.97 Å². The van der Waals surface area contributed by atoms with Crippen LogP contribution in [0.3, 0.4) is 0 Å². The SMILES string of the molecule is COC(=O)c1cn(CCN2CCCC2)cc2c(=O)[nH]nc1-2. The molecular weight excluding hydrogens is 272 g/mol. The second-order valence-corrected chi connectivity index (χ2v) is 5.27. The van der Waals surface area contributed by atoms with Gasteiger partial charge in [-0.05, 0) is 25.9 Å². The summed E-state index contributed by atoms with van der Waals surface area (Å²) in [5.74, 6) is -0.484. The minimum absolute atomic E-state index is 0.286. The lowest BCUT2D eigenvalue weighted by Gasteiger charge is -2.17. The number of carbonyl (C=O) groups excluding carboxylic acids is 1. The molecule has 7 heteroatoms. The van der Waals surface area contributed by atoms with Crippen LogP contribution in [0.5, 0.6) is 0 Å². The van der Waals surface area contributed by atoms with E-state index in [0.29, 0.717) is 16.8 Å². The smallest absolute Gasteiger partial charge is 0.341 e. The van der Waals surface area contributed by atoms with Gasteiger partial charge in [0, 0.05) is 25.5 Å². The first-order valence-corrected chi connectivity index (χ1v) is 7.08. The van der Waals surface area contributed by atoms with Crippen LogP contribution >= 0.6 is 0 Å². The quantitative estimate of drug-likeness (QED) is 0.832. The number of likely N-dealkylation sites (tertiary alicyclic amines) is 1. The highest BCUT2D eigenvalue weighted by Crippen LogP contribution is 2.20. The van der Waals surface area contributed by atoms with E-state index in [1.54, 1.807) is 12.4 Å². The third kappa shape index (κ3) is 2.69. The van der Waals surface area contributed by atoms with E-state index < -0.39 is 5.97 Å². The lowest BCUT2D eigenvalue weighted by molar-refractivity contribution is 0.0600. The first-order valence-electron chi connectivity index (χ1n) is 7.08. The van der Waals surface area contributed by atoms with Gasteiger partial charge < -0.3 is 14.2 Å². The predicted octanol–water partition coefficient (Wildman–Crippen LogP) is 0.559. The van der Waals surface area contributed by atoms with Gasteiger partial charge in [-0.2, -0.15) is 5.10 Å². The molecule has 3 aliphatic rings. The molecule has 0 radical (unpaired) electrons. The summed E-state index contributed by atoms with van der Waals surface area (Å²) in [6.45, 7) is 3.86. The molecule has 0 aromatic rings. The van der Waals surface area contributed by atoms with Gasteiger partial charge in [0.25, 0.3) is 5.56 Å². The molecule has 1 N–H and O–H groups in total. The summed E-state index contributed by atoms with van der Waals surface area (Å²) < 4.78 is 6.63. The molecule has 3 heterocycles. The lowest BCUT2D eigenvalue weighted by atomic mass is 10.1. The Morgan fingerprint density at radius 3 is 2.81 bits per heavy atom. The van der Waals surface area contributed by atoms with Gasteiger partial charge in [0.2, 0.25) is 0 Å². The minimum Gasteiger partial charge on any atom is -0.465 e. The lowest BCUT2D eigenvalue weighted by Crippen LogP contribution is -2.24. The molecule has 0 unspecified atom stereocenters. The molecule has 0 spiro atoms. The number of ether oxygens (including phenoxy) is 1.